The first kappa shape index (κ1) is 12.1. The van der Waals surface area contributed by atoms with Gasteiger partial charge < -0.3 is 5.73 Å². The molecule has 0 atom stereocenters. The Bertz CT molecular complexity index is 567. The third kappa shape index (κ3) is 2.34. The largest absolute Gasteiger partial charge is 0.398 e. The van der Waals surface area contributed by atoms with Crippen LogP contribution in [0.1, 0.15) is 19.5 Å². The zero-order valence-electron chi connectivity index (χ0n) is 9.80. The minimum absolute atomic E-state index is 0.258. The van der Waals surface area contributed by atoms with E-state index in [1.165, 1.54) is 12.1 Å². The van der Waals surface area contributed by atoms with Gasteiger partial charge in [0.1, 0.15) is 11.3 Å². The fourth-order valence-corrected chi connectivity index (χ4v) is 2.14. The van der Waals surface area contributed by atoms with E-state index in [2.05, 4.69) is 18.8 Å². The number of pyridine rings is 1. The maximum Gasteiger partial charge on any atom is 0.149 e. The Labute approximate surface area is 105 Å². The Morgan fingerprint density at radius 1 is 1.41 bits per heavy atom. The first-order chi connectivity index (χ1) is 7.99. The van der Waals surface area contributed by atoms with Crippen LogP contribution < -0.4 is 5.73 Å². The van der Waals surface area contributed by atoms with Crippen LogP contribution in [0.5, 0.6) is 0 Å². The number of rotatable bonds is 2. The minimum Gasteiger partial charge on any atom is -0.398 e. The fraction of sp³-hybridized carbons (Fsp3) is 0.308. The highest BCUT2D eigenvalue weighted by Crippen LogP contribution is 2.30. The number of halogens is 2. The molecule has 0 aliphatic heterocycles. The number of benzene rings is 1. The Kier molecular flexibility index (Phi) is 3.20. The SMILES string of the molecule is CC(C)Cc1cc(N)c2c(Cl)ccc(F)c2n1. The molecule has 0 saturated carbocycles. The summed E-state index contributed by atoms with van der Waals surface area (Å²) >= 11 is 6.01. The van der Waals surface area contributed by atoms with Gasteiger partial charge in [-0.1, -0.05) is 25.4 Å². The van der Waals surface area contributed by atoms with E-state index in [4.69, 9.17) is 17.3 Å². The van der Waals surface area contributed by atoms with Crippen LogP contribution in [-0.4, -0.2) is 4.98 Å². The predicted molar refractivity (Wildman–Crippen MR) is 69.7 cm³/mol. The van der Waals surface area contributed by atoms with E-state index in [0.717, 1.165) is 12.1 Å². The highest BCUT2D eigenvalue weighted by molar-refractivity contribution is 6.36. The first-order valence-electron chi connectivity index (χ1n) is 5.52. The van der Waals surface area contributed by atoms with E-state index < -0.39 is 0 Å². The second-order valence-corrected chi connectivity index (χ2v) is 4.96. The summed E-state index contributed by atoms with van der Waals surface area (Å²) in [5.41, 5.74) is 7.45. The number of hydrogen-bond acceptors (Lipinski definition) is 2. The lowest BCUT2D eigenvalue weighted by Crippen LogP contribution is -2.01. The van der Waals surface area contributed by atoms with Crippen LogP contribution in [0.15, 0.2) is 18.2 Å². The van der Waals surface area contributed by atoms with Gasteiger partial charge >= 0.3 is 0 Å². The van der Waals surface area contributed by atoms with Crippen LogP contribution in [-0.2, 0) is 6.42 Å². The summed E-state index contributed by atoms with van der Waals surface area (Å²) in [5, 5.41) is 0.932. The molecule has 0 saturated heterocycles. The highest BCUT2D eigenvalue weighted by atomic mass is 35.5. The molecule has 0 spiro atoms. The number of aromatic nitrogens is 1. The van der Waals surface area contributed by atoms with Crippen LogP contribution in [0.2, 0.25) is 5.02 Å². The number of anilines is 1. The highest BCUT2D eigenvalue weighted by Gasteiger charge is 2.11. The molecule has 90 valence electrons. The van der Waals surface area contributed by atoms with E-state index in [1.807, 2.05) is 0 Å². The summed E-state index contributed by atoms with van der Waals surface area (Å²) in [6, 6.07) is 4.59. The monoisotopic (exact) mass is 252 g/mol. The van der Waals surface area contributed by atoms with Gasteiger partial charge in [-0.3, -0.25) is 0 Å². The first-order valence-corrected chi connectivity index (χ1v) is 5.90. The third-order valence-corrected chi connectivity index (χ3v) is 2.88. The van der Waals surface area contributed by atoms with Crippen molar-refractivity contribution in [3.8, 4) is 0 Å². The van der Waals surface area contributed by atoms with Crippen LogP contribution in [0.3, 0.4) is 0 Å². The van der Waals surface area contributed by atoms with Crippen LogP contribution in [0, 0.1) is 11.7 Å². The topological polar surface area (TPSA) is 38.9 Å². The average Bonchev–Trinajstić information content (AvgIpc) is 2.22. The molecule has 0 radical (unpaired) electrons. The summed E-state index contributed by atoms with van der Waals surface area (Å²) in [5.74, 6) is 0.0586. The molecule has 0 fully saturated rings. The van der Waals surface area contributed by atoms with E-state index >= 15 is 0 Å². The normalized spacial score (nSPS) is 11.4. The molecule has 2 N–H and O–H groups in total. The van der Waals surface area contributed by atoms with Crippen molar-refractivity contribution in [2.45, 2.75) is 20.3 Å². The van der Waals surface area contributed by atoms with Gasteiger partial charge in [-0.05, 0) is 30.5 Å². The van der Waals surface area contributed by atoms with E-state index in [1.54, 1.807) is 6.07 Å². The standard InChI is InChI=1S/C13H14ClFN2/c1-7(2)5-8-6-11(16)12-9(14)3-4-10(15)13(12)17-8/h3-4,6-7H,5H2,1-2H3,(H2,16,17). The van der Waals surface area contributed by atoms with Crippen molar-refractivity contribution in [2.75, 3.05) is 5.73 Å². The fourth-order valence-electron chi connectivity index (χ4n) is 1.88. The van der Waals surface area contributed by atoms with Crippen molar-refractivity contribution in [1.82, 2.24) is 4.98 Å². The van der Waals surface area contributed by atoms with Gasteiger partial charge in [-0.25, -0.2) is 9.37 Å². The number of hydrogen-bond donors (Lipinski definition) is 1. The molecule has 2 nitrogen and oxygen atoms in total. The summed E-state index contributed by atoms with van der Waals surface area (Å²) in [4.78, 5) is 4.30. The van der Waals surface area contributed by atoms with Crippen LogP contribution >= 0.6 is 11.6 Å². The van der Waals surface area contributed by atoms with Crippen molar-refractivity contribution < 1.29 is 4.39 Å². The van der Waals surface area contributed by atoms with Crippen LogP contribution in [0.25, 0.3) is 10.9 Å². The van der Waals surface area contributed by atoms with Crippen molar-refractivity contribution in [3.05, 3.63) is 34.7 Å². The summed E-state index contributed by atoms with van der Waals surface area (Å²) in [6.07, 6.45) is 0.770. The maximum atomic E-state index is 13.7. The molecule has 17 heavy (non-hydrogen) atoms. The molecule has 1 aromatic heterocycles. The molecule has 2 aromatic rings. The van der Waals surface area contributed by atoms with Gasteiger partial charge in [0.15, 0.2) is 0 Å². The number of fused-ring (bicyclic) bond motifs is 1. The van der Waals surface area contributed by atoms with Gasteiger partial charge in [0.2, 0.25) is 0 Å². The Balaban J connectivity index is 2.68. The number of nitrogens with zero attached hydrogens (tertiary/aromatic N) is 1. The van der Waals surface area contributed by atoms with Gasteiger partial charge in [0, 0.05) is 16.8 Å². The average molecular weight is 253 g/mol. The molecular weight excluding hydrogens is 239 g/mol. The third-order valence-electron chi connectivity index (χ3n) is 2.56. The molecule has 0 amide bonds. The smallest absolute Gasteiger partial charge is 0.149 e. The second-order valence-electron chi connectivity index (χ2n) is 4.55. The van der Waals surface area contributed by atoms with E-state index in [-0.39, 0.29) is 11.3 Å². The lowest BCUT2D eigenvalue weighted by molar-refractivity contribution is 0.625. The Morgan fingerprint density at radius 3 is 2.76 bits per heavy atom. The molecule has 4 heteroatoms. The van der Waals surface area contributed by atoms with E-state index in [9.17, 15) is 4.39 Å². The van der Waals surface area contributed by atoms with Gasteiger partial charge in [-0.15, -0.1) is 0 Å². The Morgan fingerprint density at radius 2 is 2.12 bits per heavy atom. The van der Waals surface area contributed by atoms with Gasteiger partial charge in [0.25, 0.3) is 0 Å². The molecule has 0 aliphatic carbocycles. The summed E-state index contributed by atoms with van der Waals surface area (Å²) in [6.45, 7) is 4.16. The number of nitrogens with two attached hydrogens (primary N) is 1. The van der Waals surface area contributed by atoms with Gasteiger partial charge in [-0.2, -0.15) is 0 Å². The molecule has 1 heterocycles. The van der Waals surface area contributed by atoms with E-state index in [0.29, 0.717) is 22.0 Å². The second kappa shape index (κ2) is 4.49. The zero-order chi connectivity index (χ0) is 12.6. The lowest BCUT2D eigenvalue weighted by Gasteiger charge is -2.09. The van der Waals surface area contributed by atoms with Crippen LogP contribution in [0.4, 0.5) is 10.1 Å². The predicted octanol–water partition coefficient (Wildman–Crippen LogP) is 3.81. The maximum absolute atomic E-state index is 13.7. The Hall–Kier alpha value is -1.35. The lowest BCUT2D eigenvalue weighted by atomic mass is 10.1. The van der Waals surface area contributed by atoms with Gasteiger partial charge in [0.05, 0.1) is 5.02 Å². The number of nitrogen functional groups attached to an aromatic ring is 1. The molecule has 0 unspecified atom stereocenters. The molecule has 0 bridgehead atoms. The quantitative estimate of drug-likeness (QED) is 0.883. The molecule has 2 rings (SSSR count). The van der Waals surface area contributed by atoms with Crippen molar-refractivity contribution in [1.29, 1.82) is 0 Å². The van der Waals surface area contributed by atoms with Crippen molar-refractivity contribution in [3.63, 3.8) is 0 Å². The summed E-state index contributed by atoms with van der Waals surface area (Å²) < 4.78 is 13.7. The minimum atomic E-state index is -0.387. The molecule has 1 aromatic carbocycles. The molecule has 0 aliphatic rings. The van der Waals surface area contributed by atoms with Crippen molar-refractivity contribution >= 4 is 28.2 Å². The van der Waals surface area contributed by atoms with Crippen molar-refractivity contribution in [2.24, 2.45) is 5.92 Å². The summed E-state index contributed by atoms with van der Waals surface area (Å²) in [7, 11) is 0. The zero-order valence-corrected chi connectivity index (χ0v) is 10.6. The molecular formula is C13H14ClFN2.